The molecular weight excluding hydrogens is 608 g/mol. The van der Waals surface area contributed by atoms with Crippen molar-refractivity contribution in [2.75, 3.05) is 33.6 Å². The zero-order valence-electron chi connectivity index (χ0n) is 27.2. The molecule has 4 radical (unpaired) electrons. The molecule has 1 saturated heterocycles. The molecule has 2 aliphatic rings. The first-order valence-electron chi connectivity index (χ1n) is 15.2. The van der Waals surface area contributed by atoms with E-state index in [2.05, 4.69) is 4.98 Å². The molecule has 2 aliphatic heterocycles. The van der Waals surface area contributed by atoms with E-state index < -0.39 is 35.9 Å². The van der Waals surface area contributed by atoms with Crippen LogP contribution in [0.1, 0.15) is 55.9 Å². The number of hydrogen-bond acceptors (Lipinski definition) is 11. The van der Waals surface area contributed by atoms with E-state index in [0.29, 0.717) is 23.6 Å². The minimum atomic E-state index is -0.950. The molecule has 13 nitrogen and oxygen atoms in total. The van der Waals surface area contributed by atoms with E-state index in [4.69, 9.17) is 49.0 Å². The van der Waals surface area contributed by atoms with Gasteiger partial charge in [-0.25, -0.2) is 9.78 Å². The summed E-state index contributed by atoms with van der Waals surface area (Å²) >= 11 is 0. The van der Waals surface area contributed by atoms with Crippen LogP contribution in [0, 0.1) is 5.92 Å². The van der Waals surface area contributed by atoms with Crippen LogP contribution >= 0.6 is 0 Å². The molecule has 1 fully saturated rings. The van der Waals surface area contributed by atoms with Crippen LogP contribution in [-0.4, -0.2) is 106 Å². The van der Waals surface area contributed by atoms with Gasteiger partial charge in [-0.1, -0.05) is 25.2 Å². The molecule has 248 valence electrons. The minimum Gasteiger partial charge on any atom is -0.492 e. The highest BCUT2D eigenvalue weighted by Crippen LogP contribution is 2.34. The van der Waals surface area contributed by atoms with Gasteiger partial charge in [0.25, 0.3) is 0 Å². The van der Waals surface area contributed by atoms with Gasteiger partial charge in [0.05, 0.1) is 31.9 Å². The van der Waals surface area contributed by atoms with Crippen LogP contribution in [0.5, 0.6) is 11.5 Å². The van der Waals surface area contributed by atoms with Gasteiger partial charge in [-0.2, -0.15) is 4.73 Å². The predicted molar refractivity (Wildman–Crippen MR) is 171 cm³/mol. The number of imidazole rings is 1. The fourth-order valence-electron chi connectivity index (χ4n) is 5.03. The number of aromatic nitrogens is 2. The van der Waals surface area contributed by atoms with Crippen molar-refractivity contribution in [2.24, 2.45) is 5.92 Å². The van der Waals surface area contributed by atoms with Crippen LogP contribution in [0.2, 0.25) is 0 Å². The second-order valence-corrected chi connectivity index (χ2v) is 11.5. The molecular formula is C32H39B2N3O10. The lowest BCUT2D eigenvalue weighted by atomic mass is 9.99. The van der Waals surface area contributed by atoms with Gasteiger partial charge in [-0.3, -0.25) is 9.59 Å². The highest BCUT2D eigenvalue weighted by atomic mass is 16.8. The zero-order valence-corrected chi connectivity index (χ0v) is 27.2. The monoisotopic (exact) mass is 647 g/mol. The number of nitrogens with zero attached hydrogens (tertiary/aromatic N) is 3. The van der Waals surface area contributed by atoms with Crippen molar-refractivity contribution >= 4 is 39.3 Å². The number of benzene rings is 1. The maximum atomic E-state index is 13.6. The number of carbonyl (C=O) groups excluding carboxylic acids is 3. The lowest BCUT2D eigenvalue weighted by Gasteiger charge is -2.23. The van der Waals surface area contributed by atoms with Crippen LogP contribution in [0.25, 0.3) is 6.08 Å². The van der Waals surface area contributed by atoms with Crippen molar-refractivity contribution in [3.8, 4) is 11.5 Å². The number of fused-ring (bicyclic) bond motifs is 2. The second kappa shape index (κ2) is 16.2. The molecule has 0 saturated carbocycles. The van der Waals surface area contributed by atoms with E-state index in [1.165, 1.54) is 29.0 Å². The number of ketones is 1. The van der Waals surface area contributed by atoms with Gasteiger partial charge in [-0.05, 0) is 44.9 Å². The fraction of sp³-hybridized carbons (Fsp3) is 0.500. The Morgan fingerprint density at radius 1 is 1.17 bits per heavy atom. The SMILES string of the molecule is [B]COn1ccnc1CN(CCOc1cc2c(c(OCOC)c1)C(=O)O[C@@H](C)[C@H](C)/C=C\C(=O)C1OC(C)(C)O[C@H]1C/C=C/2)C([B])=O. The van der Waals surface area contributed by atoms with Crippen molar-refractivity contribution in [3.05, 3.63) is 59.7 Å². The van der Waals surface area contributed by atoms with E-state index >= 15 is 0 Å². The number of hydrogen-bond donors (Lipinski definition) is 0. The third kappa shape index (κ3) is 9.49. The van der Waals surface area contributed by atoms with E-state index in [1.54, 1.807) is 57.3 Å². The summed E-state index contributed by atoms with van der Waals surface area (Å²) in [6.07, 6.45) is 8.09. The molecule has 4 rings (SSSR count). The maximum absolute atomic E-state index is 13.6. The molecule has 4 atom stereocenters. The van der Waals surface area contributed by atoms with Crippen LogP contribution in [-0.2, 0) is 30.3 Å². The molecule has 1 aromatic carbocycles. The van der Waals surface area contributed by atoms with Gasteiger partial charge in [0.2, 0.25) is 7.85 Å². The number of esters is 1. The second-order valence-electron chi connectivity index (χ2n) is 11.5. The summed E-state index contributed by atoms with van der Waals surface area (Å²) in [4.78, 5) is 49.7. The number of ether oxygens (including phenoxy) is 6. The Kier molecular flexibility index (Phi) is 12.3. The van der Waals surface area contributed by atoms with Crippen LogP contribution in [0.4, 0.5) is 4.79 Å². The van der Waals surface area contributed by atoms with Crippen molar-refractivity contribution in [1.29, 1.82) is 0 Å². The number of carbonyl (C=O) groups is 3. The van der Waals surface area contributed by atoms with E-state index in [0.717, 1.165) is 0 Å². The third-order valence-electron chi connectivity index (χ3n) is 7.54. The zero-order chi connectivity index (χ0) is 34.1. The van der Waals surface area contributed by atoms with Crippen molar-refractivity contribution in [1.82, 2.24) is 14.6 Å². The molecule has 0 spiro atoms. The predicted octanol–water partition coefficient (Wildman–Crippen LogP) is 2.83. The number of methoxy groups -OCH3 is 1. The van der Waals surface area contributed by atoms with Crippen molar-refractivity contribution in [3.63, 3.8) is 0 Å². The first-order valence-corrected chi connectivity index (χ1v) is 15.2. The first-order chi connectivity index (χ1) is 22.4. The maximum Gasteiger partial charge on any atom is 0.342 e. The Balaban J connectivity index is 1.63. The standard InChI is InChI=1S/C32H39B2N3O10/c1-20-9-10-24(38)29-25(46-32(3,4)47-29)8-6-7-22-15-23(16-26(43-19-41-5)28(22)30(39)45-21(20)2)42-14-13-36(31(34)40)17-27-35-11-12-37(27)44-18-33/h6-7,9-12,15-16,20-21,25,29H,8,13-14,17-19H2,1-5H3/b7-6+,10-9-/t20-,21+,25+,29?/m1/s1. The lowest BCUT2D eigenvalue weighted by molar-refractivity contribution is -0.152. The fourth-order valence-corrected chi connectivity index (χ4v) is 5.03. The first kappa shape index (κ1) is 35.8. The number of cyclic esters (lactones) is 1. The Morgan fingerprint density at radius 2 is 1.96 bits per heavy atom. The topological polar surface area (TPSA) is 137 Å². The normalized spacial score (nSPS) is 23.9. The van der Waals surface area contributed by atoms with Crippen molar-refractivity contribution < 1.29 is 47.6 Å². The molecule has 0 bridgehead atoms. The van der Waals surface area contributed by atoms with Gasteiger partial charge in [0, 0.05) is 25.3 Å². The van der Waals surface area contributed by atoms with Gasteiger partial charge < -0.3 is 38.2 Å². The third-order valence-corrected chi connectivity index (χ3v) is 7.54. The summed E-state index contributed by atoms with van der Waals surface area (Å²) in [6, 6.07) is 3.20. The molecule has 1 unspecified atom stereocenters. The Morgan fingerprint density at radius 3 is 2.68 bits per heavy atom. The molecule has 2 aromatic rings. The largest absolute Gasteiger partial charge is 0.492 e. The van der Waals surface area contributed by atoms with Crippen LogP contribution < -0.4 is 14.3 Å². The highest BCUT2D eigenvalue weighted by Gasteiger charge is 2.43. The molecule has 0 aliphatic carbocycles. The van der Waals surface area contributed by atoms with Gasteiger partial charge in [0.1, 0.15) is 43.7 Å². The minimum absolute atomic E-state index is 0.0328. The molecule has 1 amide bonds. The average Bonchev–Trinajstić information content (AvgIpc) is 3.59. The van der Waals surface area contributed by atoms with E-state index in [1.807, 2.05) is 6.92 Å². The summed E-state index contributed by atoms with van der Waals surface area (Å²) in [5.41, 5.74) is 0.590. The summed E-state index contributed by atoms with van der Waals surface area (Å²) in [5, 5.41) is 0. The van der Waals surface area contributed by atoms with Gasteiger partial charge >= 0.3 is 5.97 Å². The Labute approximate surface area is 276 Å². The number of amides is 1. The van der Waals surface area contributed by atoms with Crippen LogP contribution in [0.3, 0.4) is 0 Å². The van der Waals surface area contributed by atoms with E-state index in [9.17, 15) is 14.4 Å². The average molecular weight is 647 g/mol. The lowest BCUT2D eigenvalue weighted by Crippen LogP contribution is -2.34. The van der Waals surface area contributed by atoms with Crippen LogP contribution in [0.15, 0.2) is 42.8 Å². The highest BCUT2D eigenvalue weighted by molar-refractivity contribution is 6.56. The van der Waals surface area contributed by atoms with Crippen molar-refractivity contribution in [2.45, 2.75) is 64.8 Å². The molecule has 15 heteroatoms. The quantitative estimate of drug-likeness (QED) is 0.202. The summed E-state index contributed by atoms with van der Waals surface area (Å²) < 4.78 is 36.1. The van der Waals surface area contributed by atoms with E-state index in [-0.39, 0.29) is 56.0 Å². The molecule has 47 heavy (non-hydrogen) atoms. The summed E-state index contributed by atoms with van der Waals surface area (Å²) in [6.45, 7) is 7.04. The molecule has 0 N–H and O–H groups in total. The molecule has 3 heterocycles. The summed E-state index contributed by atoms with van der Waals surface area (Å²) in [7, 11) is 12.5. The summed E-state index contributed by atoms with van der Waals surface area (Å²) in [5.74, 6) is -1.87. The van der Waals surface area contributed by atoms with Gasteiger partial charge in [0.15, 0.2) is 30.0 Å². The van der Waals surface area contributed by atoms with Gasteiger partial charge in [-0.15, -0.1) is 0 Å². The molecule has 1 aromatic heterocycles. The Bertz CT molecular complexity index is 1480. The smallest absolute Gasteiger partial charge is 0.342 e. The Hall–Kier alpha value is -4.07. The number of rotatable bonds is 11.